The second-order valence-electron chi connectivity index (χ2n) is 6.63. The molecule has 112 valence electrons. The summed E-state index contributed by atoms with van der Waals surface area (Å²) in [5, 5.41) is 0. The van der Waals surface area contributed by atoms with Crippen molar-refractivity contribution < 1.29 is 4.74 Å². The summed E-state index contributed by atoms with van der Waals surface area (Å²) in [6.07, 6.45) is 2.13. The molecule has 20 heavy (non-hydrogen) atoms. The standard InChI is InChI=1S/C16H27N3O/c1-16(2,3)14-9-12(11-17)10-15(18-14)19(4)13-5-7-20-8-6-13/h9-10,13H,5-8,11,17H2,1-4H3. The van der Waals surface area contributed by atoms with Gasteiger partial charge in [0, 0.05) is 44.0 Å². The van der Waals surface area contributed by atoms with Crippen molar-refractivity contribution in [2.24, 2.45) is 5.73 Å². The van der Waals surface area contributed by atoms with Gasteiger partial charge in [0.25, 0.3) is 0 Å². The third-order valence-corrected chi connectivity index (χ3v) is 3.98. The molecule has 0 amide bonds. The minimum Gasteiger partial charge on any atom is -0.381 e. The van der Waals surface area contributed by atoms with E-state index in [-0.39, 0.29) is 5.41 Å². The number of anilines is 1. The quantitative estimate of drug-likeness (QED) is 0.922. The summed E-state index contributed by atoms with van der Waals surface area (Å²) < 4.78 is 5.44. The monoisotopic (exact) mass is 277 g/mol. The normalized spacial score (nSPS) is 17.2. The fraction of sp³-hybridized carbons (Fsp3) is 0.688. The third kappa shape index (κ3) is 3.49. The molecule has 1 fully saturated rings. The predicted molar refractivity (Wildman–Crippen MR) is 83.1 cm³/mol. The van der Waals surface area contributed by atoms with Crippen molar-refractivity contribution in [2.75, 3.05) is 25.2 Å². The van der Waals surface area contributed by atoms with E-state index >= 15 is 0 Å². The zero-order valence-electron chi connectivity index (χ0n) is 13.1. The van der Waals surface area contributed by atoms with Crippen LogP contribution in [0.2, 0.25) is 0 Å². The van der Waals surface area contributed by atoms with Crippen LogP contribution >= 0.6 is 0 Å². The Balaban J connectivity index is 2.29. The lowest BCUT2D eigenvalue weighted by atomic mass is 9.90. The maximum Gasteiger partial charge on any atom is 0.129 e. The summed E-state index contributed by atoms with van der Waals surface area (Å²) in [6, 6.07) is 4.75. The molecule has 2 N–H and O–H groups in total. The van der Waals surface area contributed by atoms with Crippen molar-refractivity contribution in [1.82, 2.24) is 4.98 Å². The molecule has 0 saturated carbocycles. The van der Waals surface area contributed by atoms with Gasteiger partial charge in [0.15, 0.2) is 0 Å². The Labute approximate surface area is 122 Å². The number of ether oxygens (including phenoxy) is 1. The first-order valence-corrected chi connectivity index (χ1v) is 7.44. The summed E-state index contributed by atoms with van der Waals surface area (Å²) >= 11 is 0. The van der Waals surface area contributed by atoms with Gasteiger partial charge in [-0.15, -0.1) is 0 Å². The number of nitrogens with two attached hydrogens (primary N) is 1. The molecule has 1 aliphatic heterocycles. The van der Waals surface area contributed by atoms with Crippen LogP contribution in [-0.2, 0) is 16.7 Å². The van der Waals surface area contributed by atoms with E-state index in [9.17, 15) is 0 Å². The van der Waals surface area contributed by atoms with Crippen LogP contribution < -0.4 is 10.6 Å². The molecule has 1 aromatic rings. The second-order valence-corrected chi connectivity index (χ2v) is 6.63. The number of aromatic nitrogens is 1. The SMILES string of the molecule is CN(c1cc(CN)cc(C(C)(C)C)n1)C1CCOCC1. The van der Waals surface area contributed by atoms with Crippen LogP contribution in [0.4, 0.5) is 5.82 Å². The molecule has 0 aliphatic carbocycles. The average molecular weight is 277 g/mol. The molecule has 2 heterocycles. The Morgan fingerprint density at radius 1 is 1.30 bits per heavy atom. The number of hydrogen-bond acceptors (Lipinski definition) is 4. The van der Waals surface area contributed by atoms with E-state index in [0.717, 1.165) is 43.1 Å². The van der Waals surface area contributed by atoms with Crippen LogP contribution in [0.1, 0.15) is 44.9 Å². The van der Waals surface area contributed by atoms with Crippen molar-refractivity contribution in [3.05, 3.63) is 23.4 Å². The topological polar surface area (TPSA) is 51.4 Å². The Bertz CT molecular complexity index is 448. The number of nitrogens with zero attached hydrogens (tertiary/aromatic N) is 2. The molecule has 0 unspecified atom stereocenters. The molecule has 0 radical (unpaired) electrons. The highest BCUT2D eigenvalue weighted by Gasteiger charge is 2.22. The fourth-order valence-electron chi connectivity index (χ4n) is 2.51. The maximum absolute atomic E-state index is 5.84. The Kier molecular flexibility index (Phi) is 4.66. The van der Waals surface area contributed by atoms with E-state index in [4.69, 9.17) is 15.5 Å². The Morgan fingerprint density at radius 3 is 2.50 bits per heavy atom. The summed E-state index contributed by atoms with van der Waals surface area (Å²) in [4.78, 5) is 7.15. The van der Waals surface area contributed by atoms with Crippen LogP contribution in [0.5, 0.6) is 0 Å². The van der Waals surface area contributed by atoms with Crippen LogP contribution in [0.15, 0.2) is 12.1 Å². The van der Waals surface area contributed by atoms with Gasteiger partial charge in [-0.1, -0.05) is 20.8 Å². The summed E-state index contributed by atoms with van der Waals surface area (Å²) in [5.41, 5.74) is 8.14. The molecule has 0 bridgehead atoms. The molecule has 1 aliphatic rings. The van der Waals surface area contributed by atoms with E-state index in [0.29, 0.717) is 12.6 Å². The number of rotatable bonds is 3. The van der Waals surface area contributed by atoms with E-state index in [1.54, 1.807) is 0 Å². The van der Waals surface area contributed by atoms with Crippen LogP contribution in [-0.4, -0.2) is 31.3 Å². The first-order chi connectivity index (χ1) is 9.41. The highest BCUT2D eigenvalue weighted by atomic mass is 16.5. The van der Waals surface area contributed by atoms with E-state index in [1.165, 1.54) is 0 Å². The molecule has 2 rings (SSSR count). The van der Waals surface area contributed by atoms with E-state index in [2.05, 4.69) is 44.9 Å². The zero-order chi connectivity index (χ0) is 14.8. The van der Waals surface area contributed by atoms with E-state index < -0.39 is 0 Å². The summed E-state index contributed by atoms with van der Waals surface area (Å²) in [5.74, 6) is 1.03. The molecular formula is C16H27N3O. The van der Waals surface area contributed by atoms with Crippen LogP contribution in [0.25, 0.3) is 0 Å². The molecule has 4 nitrogen and oxygen atoms in total. The van der Waals surface area contributed by atoms with Crippen LogP contribution in [0.3, 0.4) is 0 Å². The minimum absolute atomic E-state index is 0.0381. The smallest absolute Gasteiger partial charge is 0.129 e. The van der Waals surface area contributed by atoms with Gasteiger partial charge in [-0.3, -0.25) is 0 Å². The molecule has 1 saturated heterocycles. The first kappa shape index (κ1) is 15.3. The van der Waals surface area contributed by atoms with Crippen molar-refractivity contribution in [1.29, 1.82) is 0 Å². The number of pyridine rings is 1. The predicted octanol–water partition coefficient (Wildman–Crippen LogP) is 2.45. The van der Waals surface area contributed by atoms with Crippen molar-refractivity contribution in [3.63, 3.8) is 0 Å². The fourth-order valence-corrected chi connectivity index (χ4v) is 2.51. The molecule has 0 atom stereocenters. The Morgan fingerprint density at radius 2 is 1.95 bits per heavy atom. The highest BCUT2D eigenvalue weighted by Crippen LogP contribution is 2.26. The maximum atomic E-state index is 5.84. The Hall–Kier alpha value is -1.13. The van der Waals surface area contributed by atoms with E-state index in [1.807, 2.05) is 0 Å². The summed E-state index contributed by atoms with van der Waals surface area (Å²) in [7, 11) is 2.13. The zero-order valence-corrected chi connectivity index (χ0v) is 13.1. The lowest BCUT2D eigenvalue weighted by molar-refractivity contribution is 0.0853. The van der Waals surface area contributed by atoms with Gasteiger partial charge >= 0.3 is 0 Å². The molecule has 1 aromatic heterocycles. The summed E-state index contributed by atoms with van der Waals surface area (Å²) in [6.45, 7) is 8.81. The largest absolute Gasteiger partial charge is 0.381 e. The average Bonchev–Trinajstić information content (AvgIpc) is 2.46. The molecule has 0 aromatic carbocycles. The minimum atomic E-state index is 0.0381. The van der Waals surface area contributed by atoms with Gasteiger partial charge in [0.1, 0.15) is 5.82 Å². The lowest BCUT2D eigenvalue weighted by Crippen LogP contribution is -2.37. The van der Waals surface area contributed by atoms with Gasteiger partial charge in [-0.25, -0.2) is 4.98 Å². The third-order valence-electron chi connectivity index (χ3n) is 3.98. The van der Waals surface area contributed by atoms with Gasteiger partial charge in [0.2, 0.25) is 0 Å². The van der Waals surface area contributed by atoms with Crippen LogP contribution in [0, 0.1) is 0 Å². The van der Waals surface area contributed by atoms with Gasteiger partial charge in [-0.2, -0.15) is 0 Å². The second kappa shape index (κ2) is 6.10. The molecule has 0 spiro atoms. The van der Waals surface area contributed by atoms with Gasteiger partial charge < -0.3 is 15.4 Å². The first-order valence-electron chi connectivity index (χ1n) is 7.44. The van der Waals surface area contributed by atoms with Crippen molar-refractivity contribution >= 4 is 5.82 Å². The molecular weight excluding hydrogens is 250 g/mol. The van der Waals surface area contributed by atoms with Gasteiger partial charge in [0.05, 0.1) is 0 Å². The van der Waals surface area contributed by atoms with Crippen molar-refractivity contribution in [3.8, 4) is 0 Å². The molecule has 4 heteroatoms. The van der Waals surface area contributed by atoms with Crippen molar-refractivity contribution in [2.45, 2.75) is 51.6 Å². The highest BCUT2D eigenvalue weighted by molar-refractivity contribution is 5.44. The lowest BCUT2D eigenvalue weighted by Gasteiger charge is -2.33. The number of hydrogen-bond donors (Lipinski definition) is 1. The van der Waals surface area contributed by atoms with Gasteiger partial charge in [-0.05, 0) is 30.5 Å².